The van der Waals surface area contributed by atoms with Crippen molar-refractivity contribution >= 4 is 17.9 Å². The third-order valence-electron chi connectivity index (χ3n) is 1.68. The number of benzene rings is 1. The normalized spacial score (nSPS) is 10.3. The maximum absolute atomic E-state index is 10.4. The van der Waals surface area contributed by atoms with Crippen molar-refractivity contribution in [2.45, 2.75) is 0 Å². The first-order chi connectivity index (χ1) is 7.63. The molecular formula is C10H12N2O4. The predicted molar refractivity (Wildman–Crippen MR) is 58.6 cm³/mol. The summed E-state index contributed by atoms with van der Waals surface area (Å²) in [6.07, 6.45) is 1.40. The quantitative estimate of drug-likeness (QED) is 0.436. The highest BCUT2D eigenvalue weighted by molar-refractivity contribution is 5.85. The molecule has 6 heteroatoms. The van der Waals surface area contributed by atoms with E-state index in [1.165, 1.54) is 13.3 Å². The van der Waals surface area contributed by atoms with E-state index in [1.807, 2.05) is 0 Å². The summed E-state index contributed by atoms with van der Waals surface area (Å²) in [5.41, 5.74) is 6.67. The largest absolute Gasteiger partial charge is 0.481 e. The third-order valence-corrected chi connectivity index (χ3v) is 1.68. The van der Waals surface area contributed by atoms with E-state index >= 15 is 0 Å². The van der Waals surface area contributed by atoms with Gasteiger partial charge in [0.05, 0.1) is 6.21 Å². The first-order valence-corrected chi connectivity index (χ1v) is 4.44. The molecule has 3 N–H and O–H groups in total. The van der Waals surface area contributed by atoms with E-state index in [0.717, 1.165) is 0 Å². The Bertz CT molecular complexity index is 404. The number of carboxylic acid groups (broad SMARTS) is 1. The van der Waals surface area contributed by atoms with Crippen LogP contribution in [0.25, 0.3) is 0 Å². The van der Waals surface area contributed by atoms with Crippen molar-refractivity contribution < 1.29 is 19.5 Å². The number of oxime groups is 1. The minimum Gasteiger partial charge on any atom is -0.481 e. The van der Waals surface area contributed by atoms with Gasteiger partial charge in [0.25, 0.3) is 0 Å². The predicted octanol–water partition coefficient (Wildman–Crippen LogP) is 0.713. The number of rotatable bonds is 5. The van der Waals surface area contributed by atoms with Crippen molar-refractivity contribution in [3.8, 4) is 5.75 Å². The summed E-state index contributed by atoms with van der Waals surface area (Å²) in [7, 11) is 1.40. The number of nitrogen functional groups attached to an aromatic ring is 1. The lowest BCUT2D eigenvalue weighted by Crippen LogP contribution is -2.10. The molecule has 0 spiro atoms. The molecule has 0 atom stereocenters. The molecule has 0 saturated carbocycles. The molecule has 0 aliphatic rings. The fourth-order valence-electron chi connectivity index (χ4n) is 1.05. The Labute approximate surface area is 92.3 Å². The first-order valence-electron chi connectivity index (χ1n) is 4.44. The van der Waals surface area contributed by atoms with Crippen molar-refractivity contribution in [2.75, 3.05) is 19.5 Å². The highest BCUT2D eigenvalue weighted by Gasteiger charge is 2.05. The lowest BCUT2D eigenvalue weighted by atomic mass is 10.2. The van der Waals surface area contributed by atoms with Gasteiger partial charge in [0, 0.05) is 11.3 Å². The van der Waals surface area contributed by atoms with E-state index in [1.54, 1.807) is 18.2 Å². The van der Waals surface area contributed by atoms with Crippen molar-refractivity contribution in [1.29, 1.82) is 0 Å². The molecule has 0 unspecified atom stereocenters. The third kappa shape index (κ3) is 3.49. The zero-order valence-electron chi connectivity index (χ0n) is 8.71. The molecular weight excluding hydrogens is 212 g/mol. The van der Waals surface area contributed by atoms with Gasteiger partial charge in [-0.15, -0.1) is 0 Å². The summed E-state index contributed by atoms with van der Waals surface area (Å²) in [6, 6.07) is 4.80. The fourth-order valence-corrected chi connectivity index (χ4v) is 1.05. The van der Waals surface area contributed by atoms with Crippen LogP contribution in [0.5, 0.6) is 5.75 Å². The van der Waals surface area contributed by atoms with E-state index in [2.05, 4.69) is 9.99 Å². The van der Waals surface area contributed by atoms with Gasteiger partial charge in [0.15, 0.2) is 6.61 Å². The molecule has 0 radical (unpaired) electrons. The number of hydrogen-bond donors (Lipinski definition) is 2. The Morgan fingerprint density at radius 3 is 3.00 bits per heavy atom. The van der Waals surface area contributed by atoms with Crippen LogP contribution < -0.4 is 10.5 Å². The molecule has 6 nitrogen and oxygen atoms in total. The molecule has 1 aromatic carbocycles. The van der Waals surface area contributed by atoms with E-state index in [-0.39, 0.29) is 0 Å². The second-order valence-corrected chi connectivity index (χ2v) is 2.90. The molecule has 86 valence electrons. The smallest absolute Gasteiger partial charge is 0.341 e. The van der Waals surface area contributed by atoms with Crippen LogP contribution in [0.4, 0.5) is 5.69 Å². The van der Waals surface area contributed by atoms with Gasteiger partial charge in [-0.2, -0.15) is 0 Å². The van der Waals surface area contributed by atoms with Crippen LogP contribution in [0.15, 0.2) is 23.4 Å². The molecule has 0 bridgehead atoms. The summed E-state index contributed by atoms with van der Waals surface area (Å²) in [4.78, 5) is 14.9. The summed E-state index contributed by atoms with van der Waals surface area (Å²) < 4.78 is 5.05. The molecule has 16 heavy (non-hydrogen) atoms. The first kappa shape index (κ1) is 11.8. The van der Waals surface area contributed by atoms with Crippen LogP contribution >= 0.6 is 0 Å². The van der Waals surface area contributed by atoms with Crippen molar-refractivity contribution in [1.82, 2.24) is 0 Å². The maximum atomic E-state index is 10.4. The van der Waals surface area contributed by atoms with Crippen LogP contribution in [0.1, 0.15) is 5.56 Å². The van der Waals surface area contributed by atoms with Gasteiger partial charge in [-0.05, 0) is 18.2 Å². The molecule has 0 amide bonds. The zero-order valence-corrected chi connectivity index (χ0v) is 8.71. The Morgan fingerprint density at radius 2 is 2.38 bits per heavy atom. The Kier molecular flexibility index (Phi) is 4.14. The Balaban J connectivity index is 2.88. The minimum absolute atomic E-state index is 0.386. The molecule has 0 aliphatic heterocycles. The molecule has 1 rings (SSSR count). The zero-order chi connectivity index (χ0) is 12.0. The second kappa shape index (κ2) is 5.59. The van der Waals surface area contributed by atoms with E-state index in [0.29, 0.717) is 17.0 Å². The summed E-state index contributed by atoms with van der Waals surface area (Å²) in [5.74, 6) is -0.663. The van der Waals surface area contributed by atoms with Gasteiger partial charge >= 0.3 is 5.97 Å². The molecule has 0 heterocycles. The van der Waals surface area contributed by atoms with Gasteiger partial charge in [-0.25, -0.2) is 4.79 Å². The second-order valence-electron chi connectivity index (χ2n) is 2.90. The number of carbonyl (C=O) groups is 1. The molecule has 0 aromatic heterocycles. The topological polar surface area (TPSA) is 94.1 Å². The minimum atomic E-state index is -1.05. The fraction of sp³-hybridized carbons (Fsp3) is 0.200. The van der Waals surface area contributed by atoms with Crippen molar-refractivity contribution in [3.63, 3.8) is 0 Å². The van der Waals surface area contributed by atoms with Crippen LogP contribution in [-0.4, -0.2) is 31.0 Å². The SMILES string of the molecule is CO/N=C/c1cc(N)ccc1OCC(=O)O. The van der Waals surface area contributed by atoms with Crippen molar-refractivity contribution in [2.24, 2.45) is 5.16 Å². The van der Waals surface area contributed by atoms with Crippen LogP contribution in [0, 0.1) is 0 Å². The number of anilines is 1. The lowest BCUT2D eigenvalue weighted by molar-refractivity contribution is -0.139. The number of ether oxygens (including phenoxy) is 1. The molecule has 0 fully saturated rings. The highest BCUT2D eigenvalue weighted by atomic mass is 16.6. The molecule has 1 aromatic rings. The monoisotopic (exact) mass is 224 g/mol. The van der Waals surface area contributed by atoms with Crippen LogP contribution in [0.3, 0.4) is 0 Å². The van der Waals surface area contributed by atoms with Gasteiger partial charge in [0.2, 0.25) is 0 Å². The summed E-state index contributed by atoms with van der Waals surface area (Å²) in [5, 5.41) is 12.1. The standard InChI is InChI=1S/C10H12N2O4/c1-15-12-5-7-4-8(11)2-3-9(7)16-6-10(13)14/h2-5H,6,11H2,1H3,(H,13,14)/b12-5+. The average molecular weight is 224 g/mol. The summed E-state index contributed by atoms with van der Waals surface area (Å²) in [6.45, 7) is -0.419. The van der Waals surface area contributed by atoms with Gasteiger partial charge < -0.3 is 20.4 Å². The van der Waals surface area contributed by atoms with Crippen molar-refractivity contribution in [3.05, 3.63) is 23.8 Å². The van der Waals surface area contributed by atoms with Crippen LogP contribution in [0.2, 0.25) is 0 Å². The molecule has 0 saturated heterocycles. The Hall–Kier alpha value is -2.24. The number of carboxylic acids is 1. The van der Waals surface area contributed by atoms with Crippen LogP contribution in [-0.2, 0) is 9.63 Å². The molecule has 0 aliphatic carbocycles. The van der Waals surface area contributed by atoms with E-state index < -0.39 is 12.6 Å². The van der Waals surface area contributed by atoms with E-state index in [9.17, 15) is 4.79 Å². The van der Waals surface area contributed by atoms with E-state index in [4.69, 9.17) is 15.6 Å². The Morgan fingerprint density at radius 1 is 1.62 bits per heavy atom. The maximum Gasteiger partial charge on any atom is 0.341 e. The average Bonchev–Trinajstić information content (AvgIpc) is 2.24. The van der Waals surface area contributed by atoms with Gasteiger partial charge in [0.1, 0.15) is 12.9 Å². The van der Waals surface area contributed by atoms with Gasteiger partial charge in [-0.1, -0.05) is 5.16 Å². The number of nitrogens with two attached hydrogens (primary N) is 1. The lowest BCUT2D eigenvalue weighted by Gasteiger charge is -2.07. The number of aliphatic carboxylic acids is 1. The highest BCUT2D eigenvalue weighted by Crippen LogP contribution is 2.19. The van der Waals surface area contributed by atoms with Gasteiger partial charge in [-0.3, -0.25) is 0 Å². The number of nitrogens with zero attached hydrogens (tertiary/aromatic N) is 1. The summed E-state index contributed by atoms with van der Waals surface area (Å²) >= 11 is 0. The number of hydrogen-bond acceptors (Lipinski definition) is 5.